The van der Waals surface area contributed by atoms with Crippen molar-refractivity contribution in [2.75, 3.05) is 5.32 Å². The number of hydrogen-bond donors (Lipinski definition) is 1. The van der Waals surface area contributed by atoms with E-state index in [0.717, 1.165) is 6.07 Å². The summed E-state index contributed by atoms with van der Waals surface area (Å²) in [4.78, 5) is 12.5. The number of anilines is 1. The third-order valence-corrected chi connectivity index (χ3v) is 3.08. The summed E-state index contributed by atoms with van der Waals surface area (Å²) in [6, 6.07) is 11.7. The van der Waals surface area contributed by atoms with E-state index in [-0.39, 0.29) is 17.3 Å². The number of nitrogens with one attached hydrogen (secondary N) is 1. The molecule has 1 N–H and O–H groups in total. The van der Waals surface area contributed by atoms with Crippen molar-refractivity contribution in [2.45, 2.75) is 26.1 Å². The van der Waals surface area contributed by atoms with Gasteiger partial charge >= 0.3 is 6.18 Å². The number of halogens is 3. The number of para-hydroxylation sites is 1. The van der Waals surface area contributed by atoms with Crippen LogP contribution >= 0.6 is 0 Å². The molecule has 0 radical (unpaired) electrons. The van der Waals surface area contributed by atoms with Crippen molar-refractivity contribution in [1.82, 2.24) is 0 Å². The lowest BCUT2D eigenvalue weighted by Gasteiger charge is -2.20. The van der Waals surface area contributed by atoms with Gasteiger partial charge < -0.3 is 5.32 Å². The molecule has 2 aromatic rings. The summed E-state index contributed by atoms with van der Waals surface area (Å²) in [6.45, 7) is 3.45. The van der Waals surface area contributed by atoms with Crippen LogP contribution in [0.2, 0.25) is 0 Å². The molecule has 2 nitrogen and oxygen atoms in total. The van der Waals surface area contributed by atoms with Crippen molar-refractivity contribution < 1.29 is 18.0 Å². The Morgan fingerprint density at radius 2 is 1.64 bits per heavy atom. The zero-order valence-corrected chi connectivity index (χ0v) is 12.2. The van der Waals surface area contributed by atoms with Gasteiger partial charge in [0.25, 0.3) is 0 Å². The maximum atomic E-state index is 13.2. The summed E-state index contributed by atoms with van der Waals surface area (Å²) in [6.07, 6.45) is -4.52. The fraction of sp³-hybridized carbons (Fsp3) is 0.235. The second-order valence-electron chi connectivity index (χ2n) is 5.22. The lowest BCUT2D eigenvalue weighted by atomic mass is 9.98. The molecule has 0 amide bonds. The molecular weight excluding hydrogens is 291 g/mol. The van der Waals surface area contributed by atoms with Crippen LogP contribution in [-0.4, -0.2) is 11.8 Å². The maximum absolute atomic E-state index is 13.2. The molecule has 0 aromatic heterocycles. The lowest BCUT2D eigenvalue weighted by Crippen LogP contribution is -2.19. The number of alkyl halides is 3. The first kappa shape index (κ1) is 16.1. The number of rotatable bonds is 4. The molecular formula is C17H16F3NO. The fourth-order valence-electron chi connectivity index (χ4n) is 2.17. The number of carbonyl (C=O) groups is 1. The van der Waals surface area contributed by atoms with Crippen molar-refractivity contribution in [3.05, 3.63) is 65.2 Å². The minimum atomic E-state index is -4.52. The molecule has 0 spiro atoms. The summed E-state index contributed by atoms with van der Waals surface area (Å²) in [7, 11) is 0. The van der Waals surface area contributed by atoms with Crippen LogP contribution in [0.15, 0.2) is 48.5 Å². The first-order valence-electron chi connectivity index (χ1n) is 6.87. The Morgan fingerprint density at radius 1 is 1.00 bits per heavy atom. The van der Waals surface area contributed by atoms with Crippen molar-refractivity contribution in [2.24, 2.45) is 0 Å². The number of hydrogen-bond acceptors (Lipinski definition) is 2. The van der Waals surface area contributed by atoms with Gasteiger partial charge in [0.1, 0.15) is 0 Å². The van der Waals surface area contributed by atoms with E-state index >= 15 is 0 Å². The zero-order chi connectivity index (χ0) is 16.3. The molecule has 0 aliphatic rings. The maximum Gasteiger partial charge on any atom is 0.418 e. The highest BCUT2D eigenvalue weighted by molar-refractivity contribution is 6.12. The van der Waals surface area contributed by atoms with Gasteiger partial charge in [-0.15, -0.1) is 0 Å². The van der Waals surface area contributed by atoms with Crippen molar-refractivity contribution >= 4 is 11.5 Å². The van der Waals surface area contributed by atoms with Gasteiger partial charge in [0.15, 0.2) is 5.78 Å². The van der Waals surface area contributed by atoms with E-state index in [2.05, 4.69) is 5.32 Å². The van der Waals surface area contributed by atoms with Crippen LogP contribution in [0.25, 0.3) is 0 Å². The molecule has 0 atom stereocenters. The molecule has 0 heterocycles. The van der Waals surface area contributed by atoms with Gasteiger partial charge in [0.2, 0.25) is 0 Å². The van der Waals surface area contributed by atoms with E-state index < -0.39 is 17.5 Å². The molecule has 2 aromatic carbocycles. The van der Waals surface area contributed by atoms with Crippen LogP contribution in [0.1, 0.15) is 35.3 Å². The van der Waals surface area contributed by atoms with E-state index in [1.165, 1.54) is 12.1 Å². The Balaban J connectivity index is 2.58. The Labute approximate surface area is 127 Å². The Bertz CT molecular complexity index is 663. The molecule has 5 heteroatoms. The number of carbonyl (C=O) groups excluding carboxylic acids is 1. The van der Waals surface area contributed by atoms with Crippen LogP contribution in [0.5, 0.6) is 0 Å². The first-order chi connectivity index (χ1) is 10.3. The average molecular weight is 307 g/mol. The molecule has 0 saturated heterocycles. The molecule has 0 aliphatic carbocycles. The second-order valence-corrected chi connectivity index (χ2v) is 5.22. The van der Waals surface area contributed by atoms with Gasteiger partial charge in [-0.2, -0.15) is 13.2 Å². The molecule has 0 unspecified atom stereocenters. The molecule has 22 heavy (non-hydrogen) atoms. The first-order valence-corrected chi connectivity index (χ1v) is 6.87. The van der Waals surface area contributed by atoms with Gasteiger partial charge in [0, 0.05) is 17.2 Å². The zero-order valence-electron chi connectivity index (χ0n) is 12.2. The topological polar surface area (TPSA) is 29.1 Å². The van der Waals surface area contributed by atoms with Crippen LogP contribution in [0, 0.1) is 0 Å². The van der Waals surface area contributed by atoms with E-state index in [1.807, 2.05) is 0 Å². The fourth-order valence-corrected chi connectivity index (χ4v) is 2.17. The molecule has 0 aliphatic heterocycles. The van der Waals surface area contributed by atoms with Gasteiger partial charge in [-0.1, -0.05) is 36.4 Å². The summed E-state index contributed by atoms with van der Waals surface area (Å²) >= 11 is 0. The van der Waals surface area contributed by atoms with Gasteiger partial charge in [-0.25, -0.2) is 0 Å². The minimum Gasteiger partial charge on any atom is -0.382 e. The van der Waals surface area contributed by atoms with Crippen LogP contribution in [0.4, 0.5) is 18.9 Å². The highest BCUT2D eigenvalue weighted by Gasteiger charge is 2.35. The molecule has 0 bridgehead atoms. The quantitative estimate of drug-likeness (QED) is 0.825. The second kappa shape index (κ2) is 6.22. The monoisotopic (exact) mass is 307 g/mol. The van der Waals surface area contributed by atoms with Crippen molar-refractivity contribution in [3.8, 4) is 0 Å². The molecule has 116 valence electrons. The summed E-state index contributed by atoms with van der Waals surface area (Å²) in [5.41, 5.74) is -0.620. The lowest BCUT2D eigenvalue weighted by molar-refractivity contribution is -0.137. The Hall–Kier alpha value is -2.30. The van der Waals surface area contributed by atoms with Crippen LogP contribution in [0.3, 0.4) is 0 Å². The normalized spacial score (nSPS) is 11.5. The van der Waals surface area contributed by atoms with Crippen LogP contribution < -0.4 is 5.32 Å². The summed E-state index contributed by atoms with van der Waals surface area (Å²) in [5.74, 6) is -0.435. The van der Waals surface area contributed by atoms with Gasteiger partial charge in [-0.05, 0) is 26.0 Å². The van der Waals surface area contributed by atoms with Crippen LogP contribution in [-0.2, 0) is 6.18 Å². The van der Waals surface area contributed by atoms with E-state index in [4.69, 9.17) is 0 Å². The standard InChI is InChI=1S/C17H16F3NO/c1-11(2)21-15-13(9-6-10-14(15)17(18,19)20)16(22)12-7-4-3-5-8-12/h3-11,21H,1-2H3. The summed E-state index contributed by atoms with van der Waals surface area (Å²) < 4.78 is 39.6. The smallest absolute Gasteiger partial charge is 0.382 e. The third kappa shape index (κ3) is 3.47. The Kier molecular flexibility index (Phi) is 4.54. The number of benzene rings is 2. The molecule has 0 fully saturated rings. The third-order valence-electron chi connectivity index (χ3n) is 3.08. The van der Waals surface area contributed by atoms with Gasteiger partial charge in [-0.3, -0.25) is 4.79 Å². The SMILES string of the molecule is CC(C)Nc1c(C(=O)c2ccccc2)cccc1C(F)(F)F. The predicted octanol–water partition coefficient (Wildman–Crippen LogP) is 4.76. The van der Waals surface area contributed by atoms with Gasteiger partial charge in [0.05, 0.1) is 11.3 Å². The van der Waals surface area contributed by atoms with E-state index in [1.54, 1.807) is 44.2 Å². The molecule has 2 rings (SSSR count). The predicted molar refractivity (Wildman–Crippen MR) is 80.1 cm³/mol. The van der Waals surface area contributed by atoms with E-state index in [0.29, 0.717) is 5.56 Å². The largest absolute Gasteiger partial charge is 0.418 e. The average Bonchev–Trinajstić information content (AvgIpc) is 2.46. The molecule has 0 saturated carbocycles. The Morgan fingerprint density at radius 3 is 2.18 bits per heavy atom. The van der Waals surface area contributed by atoms with Crippen molar-refractivity contribution in [1.29, 1.82) is 0 Å². The highest BCUT2D eigenvalue weighted by atomic mass is 19.4. The minimum absolute atomic E-state index is 0.0229. The van der Waals surface area contributed by atoms with Crippen molar-refractivity contribution in [3.63, 3.8) is 0 Å². The van der Waals surface area contributed by atoms with E-state index in [9.17, 15) is 18.0 Å². The highest BCUT2D eigenvalue weighted by Crippen LogP contribution is 2.37. The summed E-state index contributed by atoms with van der Waals surface area (Å²) in [5, 5.41) is 2.76. The number of ketones is 1.